The van der Waals surface area contributed by atoms with E-state index in [2.05, 4.69) is 0 Å². The molecule has 1 aliphatic carbocycles. The molecule has 0 saturated carbocycles. The number of ketones is 2. The second kappa shape index (κ2) is 11.5. The third-order valence-corrected chi connectivity index (χ3v) is 7.82. The van der Waals surface area contributed by atoms with Crippen LogP contribution < -0.4 is 9.47 Å². The standard InChI is InChI=1S/C28H32O14/c1-9-15(7-14-17(25(9)38-3)20(33)12-5-4-11(30)6-13(12)19(14)32)40-28-26(23(36)21(34)16(8-29)41-28)42-27-24(37)22(35)18(31)10(2)39-27/h4-7,10,16,18,21-24,26-31,34-37H,8H2,1-3H3. The van der Waals surface area contributed by atoms with Gasteiger partial charge < -0.3 is 59.4 Å². The van der Waals surface area contributed by atoms with Gasteiger partial charge in [0.25, 0.3) is 0 Å². The van der Waals surface area contributed by atoms with Crippen LogP contribution in [0.2, 0.25) is 0 Å². The molecule has 2 aromatic rings. The van der Waals surface area contributed by atoms with Crippen molar-refractivity contribution >= 4 is 11.6 Å². The Bertz CT molecular complexity index is 1380. The fourth-order valence-corrected chi connectivity index (χ4v) is 5.41. The van der Waals surface area contributed by atoms with Crippen LogP contribution in [0, 0.1) is 6.92 Å². The average molecular weight is 593 g/mol. The van der Waals surface area contributed by atoms with Gasteiger partial charge in [0.15, 0.2) is 24.0 Å². The van der Waals surface area contributed by atoms with Crippen molar-refractivity contribution in [2.45, 2.75) is 75.3 Å². The molecule has 2 saturated heterocycles. The largest absolute Gasteiger partial charge is 0.508 e. The third kappa shape index (κ3) is 4.94. The van der Waals surface area contributed by atoms with Crippen LogP contribution >= 0.6 is 0 Å². The molecule has 2 heterocycles. The number of carbonyl (C=O) groups is 2. The molecule has 0 radical (unpaired) electrons. The molecule has 7 N–H and O–H groups in total. The molecule has 10 atom stereocenters. The summed E-state index contributed by atoms with van der Waals surface area (Å²) in [7, 11) is 1.30. The van der Waals surface area contributed by atoms with Gasteiger partial charge >= 0.3 is 0 Å². The molecule has 10 unspecified atom stereocenters. The Kier molecular flexibility index (Phi) is 8.28. The minimum Gasteiger partial charge on any atom is -0.508 e. The Balaban J connectivity index is 1.53. The lowest BCUT2D eigenvalue weighted by molar-refractivity contribution is -0.354. The summed E-state index contributed by atoms with van der Waals surface area (Å²) < 4.78 is 28.4. The van der Waals surface area contributed by atoms with Gasteiger partial charge in [0.05, 0.1) is 25.4 Å². The smallest absolute Gasteiger partial charge is 0.229 e. The highest BCUT2D eigenvalue weighted by Crippen LogP contribution is 2.42. The Morgan fingerprint density at radius 1 is 0.833 bits per heavy atom. The summed E-state index contributed by atoms with van der Waals surface area (Å²) in [6.07, 6.45) is -15.4. The molecule has 2 aliphatic heterocycles. The van der Waals surface area contributed by atoms with Gasteiger partial charge in [-0.25, -0.2) is 0 Å². The maximum absolute atomic E-state index is 13.4. The first kappa shape index (κ1) is 30.3. The summed E-state index contributed by atoms with van der Waals surface area (Å²) in [4.78, 5) is 26.8. The average Bonchev–Trinajstić information content (AvgIpc) is 2.97. The maximum atomic E-state index is 13.4. The summed E-state index contributed by atoms with van der Waals surface area (Å²) in [5.74, 6) is -1.36. The van der Waals surface area contributed by atoms with E-state index >= 15 is 0 Å². The predicted molar refractivity (Wildman–Crippen MR) is 138 cm³/mol. The zero-order valence-corrected chi connectivity index (χ0v) is 22.8. The van der Waals surface area contributed by atoms with Crippen LogP contribution in [-0.4, -0.2) is 122 Å². The van der Waals surface area contributed by atoms with Gasteiger partial charge in [-0.2, -0.15) is 0 Å². The van der Waals surface area contributed by atoms with E-state index < -0.39 is 79.6 Å². The fourth-order valence-electron chi connectivity index (χ4n) is 5.41. The van der Waals surface area contributed by atoms with Crippen LogP contribution in [-0.2, 0) is 14.2 Å². The summed E-state index contributed by atoms with van der Waals surface area (Å²) >= 11 is 0. The van der Waals surface area contributed by atoms with Crippen LogP contribution in [0.25, 0.3) is 0 Å². The van der Waals surface area contributed by atoms with Crippen molar-refractivity contribution in [3.63, 3.8) is 0 Å². The van der Waals surface area contributed by atoms with E-state index in [-0.39, 0.29) is 45.1 Å². The Morgan fingerprint density at radius 3 is 2.21 bits per heavy atom. The lowest BCUT2D eigenvalue weighted by Crippen LogP contribution is -2.64. The molecule has 14 heteroatoms. The first-order valence-corrected chi connectivity index (χ1v) is 13.2. The van der Waals surface area contributed by atoms with E-state index in [1.807, 2.05) is 0 Å². The van der Waals surface area contributed by atoms with Crippen LogP contribution in [0.4, 0.5) is 0 Å². The lowest BCUT2D eigenvalue weighted by atomic mass is 9.82. The van der Waals surface area contributed by atoms with Gasteiger partial charge in [0.2, 0.25) is 6.29 Å². The number of phenolic OH excluding ortho intramolecular Hbond substituents is 1. The number of aromatic hydroxyl groups is 1. The highest BCUT2D eigenvalue weighted by atomic mass is 16.8. The van der Waals surface area contributed by atoms with Crippen molar-refractivity contribution in [2.75, 3.05) is 13.7 Å². The number of hydrogen-bond donors (Lipinski definition) is 7. The molecule has 5 rings (SSSR count). The van der Waals surface area contributed by atoms with Crippen LogP contribution in [0.15, 0.2) is 24.3 Å². The molecule has 2 fully saturated rings. The number of fused-ring (bicyclic) bond motifs is 2. The Labute approximate surface area is 239 Å². The highest BCUT2D eigenvalue weighted by molar-refractivity contribution is 6.29. The zero-order chi connectivity index (χ0) is 30.6. The van der Waals surface area contributed by atoms with Crippen LogP contribution in [0.5, 0.6) is 17.2 Å². The zero-order valence-electron chi connectivity index (χ0n) is 22.8. The van der Waals surface area contributed by atoms with Gasteiger partial charge in [-0.15, -0.1) is 0 Å². The lowest BCUT2D eigenvalue weighted by Gasteiger charge is -2.45. The molecular formula is C28H32O14. The minimum atomic E-state index is -1.77. The number of hydrogen-bond acceptors (Lipinski definition) is 14. The topological polar surface area (TPSA) is 222 Å². The van der Waals surface area contributed by atoms with Crippen molar-refractivity contribution in [1.82, 2.24) is 0 Å². The van der Waals surface area contributed by atoms with E-state index in [0.29, 0.717) is 0 Å². The van der Waals surface area contributed by atoms with E-state index in [0.717, 1.165) is 0 Å². The number of ether oxygens (including phenoxy) is 5. The molecular weight excluding hydrogens is 560 g/mol. The van der Waals surface area contributed by atoms with Gasteiger partial charge in [-0.05, 0) is 38.1 Å². The van der Waals surface area contributed by atoms with Gasteiger partial charge in [0, 0.05) is 22.3 Å². The van der Waals surface area contributed by atoms with Crippen molar-refractivity contribution in [1.29, 1.82) is 0 Å². The summed E-state index contributed by atoms with van der Waals surface area (Å²) in [6, 6.07) is 5.06. The molecule has 0 bridgehead atoms. The van der Waals surface area contributed by atoms with Crippen molar-refractivity contribution in [3.05, 3.63) is 52.1 Å². The SMILES string of the molecule is COc1c(C)c(OC2OC(CO)C(O)C(O)C2OC2OC(C)C(O)C(O)C2O)cc2c1C(=O)c1ccc(O)cc1C2=O. The second-order valence-corrected chi connectivity index (χ2v) is 10.5. The molecule has 0 spiro atoms. The quantitative estimate of drug-likeness (QED) is 0.173. The van der Waals surface area contributed by atoms with Gasteiger partial charge in [0.1, 0.15) is 53.9 Å². The summed E-state index contributed by atoms with van der Waals surface area (Å²) in [5.41, 5.74) is 0.184. The summed E-state index contributed by atoms with van der Waals surface area (Å²) in [6.45, 7) is 2.24. The minimum absolute atomic E-state index is 0.0177. The van der Waals surface area contributed by atoms with Crippen LogP contribution in [0.1, 0.15) is 44.3 Å². The number of benzene rings is 2. The second-order valence-electron chi connectivity index (χ2n) is 10.5. The Morgan fingerprint density at radius 2 is 1.55 bits per heavy atom. The predicted octanol–water partition coefficient (Wildman–Crippen LogP) is -1.48. The monoisotopic (exact) mass is 592 g/mol. The van der Waals surface area contributed by atoms with Gasteiger partial charge in [-0.1, -0.05) is 0 Å². The summed E-state index contributed by atoms with van der Waals surface area (Å²) in [5, 5.41) is 71.8. The van der Waals surface area contributed by atoms with E-state index in [1.165, 1.54) is 38.3 Å². The molecule has 228 valence electrons. The third-order valence-electron chi connectivity index (χ3n) is 7.82. The van der Waals surface area contributed by atoms with Crippen molar-refractivity contribution in [3.8, 4) is 17.2 Å². The normalized spacial score (nSPS) is 34.5. The first-order valence-electron chi connectivity index (χ1n) is 13.2. The van der Waals surface area contributed by atoms with E-state index in [4.69, 9.17) is 23.7 Å². The number of aliphatic hydroxyl groups is 6. The number of rotatable bonds is 6. The molecule has 0 amide bonds. The first-order chi connectivity index (χ1) is 19.9. The van der Waals surface area contributed by atoms with Crippen LogP contribution in [0.3, 0.4) is 0 Å². The maximum Gasteiger partial charge on any atom is 0.229 e. The van der Waals surface area contributed by atoms with Crippen molar-refractivity contribution in [2.24, 2.45) is 0 Å². The van der Waals surface area contributed by atoms with E-state index in [9.17, 15) is 45.3 Å². The molecule has 0 aromatic heterocycles. The number of phenols is 1. The molecule has 14 nitrogen and oxygen atoms in total. The molecule has 42 heavy (non-hydrogen) atoms. The molecule has 2 aromatic carbocycles. The Hall–Kier alpha value is -3.18. The molecule has 3 aliphatic rings. The van der Waals surface area contributed by atoms with Gasteiger partial charge in [-0.3, -0.25) is 9.59 Å². The van der Waals surface area contributed by atoms with Crippen molar-refractivity contribution < 1.29 is 69.0 Å². The number of carbonyl (C=O) groups excluding carboxylic acids is 2. The fraction of sp³-hybridized carbons (Fsp3) is 0.500. The highest BCUT2D eigenvalue weighted by Gasteiger charge is 2.51. The number of methoxy groups -OCH3 is 1. The number of aliphatic hydroxyl groups excluding tert-OH is 6. The van der Waals surface area contributed by atoms with E-state index in [1.54, 1.807) is 6.92 Å².